The van der Waals surface area contributed by atoms with Crippen molar-refractivity contribution in [2.24, 2.45) is 0 Å². The average Bonchev–Trinajstić information content (AvgIpc) is 3.33. The Kier molecular flexibility index (Phi) is 5.04. The van der Waals surface area contributed by atoms with Gasteiger partial charge in [0.2, 0.25) is 23.5 Å². The van der Waals surface area contributed by atoms with Crippen molar-refractivity contribution in [3.63, 3.8) is 0 Å². The van der Waals surface area contributed by atoms with Gasteiger partial charge in [-0.25, -0.2) is 0 Å². The van der Waals surface area contributed by atoms with Crippen LogP contribution < -0.4 is 5.32 Å². The summed E-state index contributed by atoms with van der Waals surface area (Å²) in [5.41, 5.74) is 1.13. The number of likely N-dealkylation sites (N-methyl/N-ethyl adjacent to an activating group) is 1. The van der Waals surface area contributed by atoms with Gasteiger partial charge in [0.25, 0.3) is 11.8 Å². The Balaban J connectivity index is 1.47. The highest BCUT2D eigenvalue weighted by atomic mass is 16.5. The Hall–Kier alpha value is -4.33. The first-order valence-corrected chi connectivity index (χ1v) is 9.34. The number of piperidine rings is 1. The molecule has 1 saturated heterocycles. The first-order chi connectivity index (χ1) is 14.9. The zero-order chi connectivity index (χ0) is 22.1. The number of rotatable bonds is 5. The standard InChI is InChI=1S/C20H16N6O5/c1-25(10-16-23-18(24-31-16)12-4-2-3-11(7-12)9-21)14-8-17(28)26(20(14)30)13-5-6-15(27)22-19(13)29/h2-4,7-8,13H,5-6,10H2,1H3,(H,22,27,29). The summed E-state index contributed by atoms with van der Waals surface area (Å²) in [6.45, 7) is 0.0407. The van der Waals surface area contributed by atoms with Gasteiger partial charge in [0, 0.05) is 25.1 Å². The van der Waals surface area contributed by atoms with E-state index in [1.807, 2.05) is 6.07 Å². The molecular weight excluding hydrogens is 404 g/mol. The summed E-state index contributed by atoms with van der Waals surface area (Å²) < 4.78 is 5.23. The Labute approximate surface area is 175 Å². The Bertz CT molecular complexity index is 1180. The summed E-state index contributed by atoms with van der Waals surface area (Å²) in [7, 11) is 1.57. The summed E-state index contributed by atoms with van der Waals surface area (Å²) in [4.78, 5) is 55.2. The topological polar surface area (TPSA) is 150 Å². The van der Waals surface area contributed by atoms with Gasteiger partial charge in [-0.15, -0.1) is 0 Å². The van der Waals surface area contributed by atoms with Gasteiger partial charge in [-0.05, 0) is 18.6 Å². The third kappa shape index (κ3) is 3.78. The summed E-state index contributed by atoms with van der Waals surface area (Å²) in [6, 6.07) is 7.72. The van der Waals surface area contributed by atoms with Crippen molar-refractivity contribution in [3.05, 3.63) is 47.5 Å². The third-order valence-corrected chi connectivity index (χ3v) is 4.96. The number of benzene rings is 1. The smallest absolute Gasteiger partial charge is 0.277 e. The van der Waals surface area contributed by atoms with Crippen LogP contribution in [0, 0.1) is 11.3 Å². The lowest BCUT2D eigenvalue weighted by molar-refractivity contribution is -0.150. The van der Waals surface area contributed by atoms with Crippen LogP contribution in [-0.4, -0.2) is 56.7 Å². The number of hydrogen-bond donors (Lipinski definition) is 1. The van der Waals surface area contributed by atoms with Crippen molar-refractivity contribution in [2.45, 2.75) is 25.4 Å². The first kappa shape index (κ1) is 20.0. The molecule has 4 amide bonds. The van der Waals surface area contributed by atoms with Gasteiger partial charge in [-0.2, -0.15) is 10.2 Å². The third-order valence-electron chi connectivity index (χ3n) is 4.96. The van der Waals surface area contributed by atoms with Crippen LogP contribution in [0.2, 0.25) is 0 Å². The van der Waals surface area contributed by atoms with Crippen LogP contribution in [0.3, 0.4) is 0 Å². The number of nitrogens with zero attached hydrogens (tertiary/aromatic N) is 5. The number of imide groups is 2. The molecule has 0 radical (unpaired) electrons. The van der Waals surface area contributed by atoms with Crippen LogP contribution in [0.4, 0.5) is 0 Å². The molecule has 2 aromatic rings. The highest BCUT2D eigenvalue weighted by molar-refractivity contribution is 6.18. The molecule has 4 rings (SSSR count). The van der Waals surface area contributed by atoms with E-state index in [1.165, 1.54) is 4.90 Å². The van der Waals surface area contributed by atoms with Crippen molar-refractivity contribution >= 4 is 23.6 Å². The van der Waals surface area contributed by atoms with Gasteiger partial charge < -0.3 is 9.42 Å². The van der Waals surface area contributed by atoms with Gasteiger partial charge in [0.05, 0.1) is 18.2 Å². The van der Waals surface area contributed by atoms with E-state index < -0.39 is 29.7 Å². The zero-order valence-electron chi connectivity index (χ0n) is 16.4. The molecule has 0 saturated carbocycles. The van der Waals surface area contributed by atoms with Gasteiger partial charge in [-0.3, -0.25) is 29.4 Å². The van der Waals surface area contributed by atoms with E-state index in [0.717, 1.165) is 11.0 Å². The lowest BCUT2D eigenvalue weighted by Gasteiger charge is -2.29. The lowest BCUT2D eigenvalue weighted by Crippen LogP contribution is -2.54. The summed E-state index contributed by atoms with van der Waals surface area (Å²) in [5.74, 6) is -1.88. The first-order valence-electron chi connectivity index (χ1n) is 9.34. The molecule has 1 aromatic heterocycles. The van der Waals surface area contributed by atoms with Crippen molar-refractivity contribution in [3.8, 4) is 17.5 Å². The quantitative estimate of drug-likeness (QED) is 0.664. The van der Waals surface area contributed by atoms with E-state index in [0.29, 0.717) is 11.1 Å². The second-order valence-corrected chi connectivity index (χ2v) is 7.07. The van der Waals surface area contributed by atoms with Crippen LogP contribution >= 0.6 is 0 Å². The molecule has 156 valence electrons. The minimum absolute atomic E-state index is 0.0407. The molecule has 2 aliphatic rings. The zero-order valence-corrected chi connectivity index (χ0v) is 16.4. The molecule has 1 atom stereocenters. The fourth-order valence-electron chi connectivity index (χ4n) is 3.42. The minimum atomic E-state index is -1.03. The fraction of sp³-hybridized carbons (Fsp3) is 0.250. The van der Waals surface area contributed by atoms with Crippen LogP contribution in [0.1, 0.15) is 24.3 Å². The van der Waals surface area contributed by atoms with Gasteiger partial charge in [0.1, 0.15) is 11.7 Å². The Morgan fingerprint density at radius 2 is 2.13 bits per heavy atom. The predicted molar refractivity (Wildman–Crippen MR) is 102 cm³/mol. The van der Waals surface area contributed by atoms with Gasteiger partial charge >= 0.3 is 0 Å². The molecule has 11 heteroatoms. The number of carbonyl (C=O) groups excluding carboxylic acids is 4. The maximum absolute atomic E-state index is 12.8. The summed E-state index contributed by atoms with van der Waals surface area (Å²) in [6.07, 6.45) is 1.28. The number of aromatic nitrogens is 2. The fourth-order valence-corrected chi connectivity index (χ4v) is 3.42. The van der Waals surface area contributed by atoms with E-state index in [-0.39, 0.29) is 36.8 Å². The maximum Gasteiger partial charge on any atom is 0.277 e. The van der Waals surface area contributed by atoms with Crippen molar-refractivity contribution < 1.29 is 23.7 Å². The monoisotopic (exact) mass is 420 g/mol. The average molecular weight is 420 g/mol. The number of carbonyl (C=O) groups is 4. The van der Waals surface area contributed by atoms with Crippen molar-refractivity contribution in [1.29, 1.82) is 5.26 Å². The summed E-state index contributed by atoms with van der Waals surface area (Å²) >= 11 is 0. The van der Waals surface area contributed by atoms with Crippen molar-refractivity contribution in [1.82, 2.24) is 25.3 Å². The molecular formula is C20H16N6O5. The molecule has 31 heavy (non-hydrogen) atoms. The second kappa shape index (κ2) is 7.83. The molecule has 2 aliphatic heterocycles. The van der Waals surface area contributed by atoms with E-state index in [9.17, 15) is 19.2 Å². The van der Waals surface area contributed by atoms with Crippen LogP contribution in [0.5, 0.6) is 0 Å². The van der Waals surface area contributed by atoms with E-state index in [4.69, 9.17) is 9.78 Å². The van der Waals surface area contributed by atoms with Crippen LogP contribution in [0.15, 0.2) is 40.6 Å². The molecule has 11 nitrogen and oxygen atoms in total. The summed E-state index contributed by atoms with van der Waals surface area (Å²) in [5, 5.41) is 15.0. The minimum Gasteiger partial charge on any atom is -0.361 e. The maximum atomic E-state index is 12.8. The largest absolute Gasteiger partial charge is 0.361 e. The van der Waals surface area contributed by atoms with Crippen LogP contribution in [-0.2, 0) is 25.7 Å². The molecule has 1 aromatic carbocycles. The van der Waals surface area contributed by atoms with Crippen molar-refractivity contribution in [2.75, 3.05) is 7.05 Å². The molecule has 3 heterocycles. The molecule has 0 aliphatic carbocycles. The molecule has 0 spiro atoms. The number of nitrogens with one attached hydrogen (secondary N) is 1. The highest BCUT2D eigenvalue weighted by Gasteiger charge is 2.43. The lowest BCUT2D eigenvalue weighted by atomic mass is 10.0. The molecule has 1 fully saturated rings. The highest BCUT2D eigenvalue weighted by Crippen LogP contribution is 2.24. The number of amides is 4. The molecule has 1 unspecified atom stereocenters. The van der Waals surface area contributed by atoms with E-state index in [1.54, 1.807) is 31.3 Å². The molecule has 1 N–H and O–H groups in total. The van der Waals surface area contributed by atoms with E-state index in [2.05, 4.69) is 15.5 Å². The number of nitriles is 1. The Morgan fingerprint density at radius 1 is 1.32 bits per heavy atom. The SMILES string of the molecule is CN(Cc1nc(-c2cccc(C#N)c2)no1)C1=CC(=O)N(C2CCC(=O)NC2=O)C1=O. The van der Waals surface area contributed by atoms with Gasteiger partial charge in [-0.1, -0.05) is 17.3 Å². The normalized spacial score (nSPS) is 18.6. The van der Waals surface area contributed by atoms with Gasteiger partial charge in [0.15, 0.2) is 0 Å². The second-order valence-electron chi connectivity index (χ2n) is 7.07. The Morgan fingerprint density at radius 3 is 2.87 bits per heavy atom. The predicted octanol–water partition coefficient (Wildman–Crippen LogP) is 0.0980. The number of hydrogen-bond acceptors (Lipinski definition) is 9. The molecule has 0 bridgehead atoms. The van der Waals surface area contributed by atoms with Crippen LogP contribution in [0.25, 0.3) is 11.4 Å². The van der Waals surface area contributed by atoms with E-state index >= 15 is 0 Å².